The number of ether oxygens (including phenoxy) is 1. The lowest BCUT2D eigenvalue weighted by Crippen LogP contribution is -1.91. The van der Waals surface area contributed by atoms with Crippen LogP contribution in [0.25, 0.3) is 0 Å². The Labute approximate surface area is 76.7 Å². The fraction of sp³-hybridized carbons (Fsp3) is 0.333. The van der Waals surface area contributed by atoms with Crippen LogP contribution in [0.1, 0.15) is 18.5 Å². The van der Waals surface area contributed by atoms with E-state index in [1.54, 1.807) is 26.2 Å². The first-order valence-electron chi connectivity index (χ1n) is 3.92. The van der Waals surface area contributed by atoms with Crippen molar-refractivity contribution in [2.24, 2.45) is 5.11 Å². The van der Waals surface area contributed by atoms with Crippen molar-refractivity contribution in [2.45, 2.75) is 13.0 Å². The number of benzene rings is 1. The van der Waals surface area contributed by atoms with Crippen molar-refractivity contribution in [1.82, 2.24) is 0 Å². The third-order valence-corrected chi connectivity index (χ3v) is 1.88. The van der Waals surface area contributed by atoms with Gasteiger partial charge in [-0.1, -0.05) is 0 Å². The number of methoxy groups -OCH3 is 1. The van der Waals surface area contributed by atoms with Gasteiger partial charge in [-0.05, 0) is 25.1 Å². The van der Waals surface area contributed by atoms with E-state index >= 15 is 0 Å². The van der Waals surface area contributed by atoms with Crippen molar-refractivity contribution in [1.29, 1.82) is 5.53 Å². The number of phenols is 1. The van der Waals surface area contributed by atoms with Crippen LogP contribution in [0.2, 0.25) is 0 Å². The summed E-state index contributed by atoms with van der Waals surface area (Å²) in [5.74, 6) is 0.799. The van der Waals surface area contributed by atoms with E-state index in [1.165, 1.54) is 6.07 Å². The molecular formula is C9H12N2O2. The second-order valence-corrected chi connectivity index (χ2v) is 2.73. The molecule has 1 rings (SSSR count). The monoisotopic (exact) mass is 180 g/mol. The van der Waals surface area contributed by atoms with Crippen LogP contribution in [0.3, 0.4) is 0 Å². The minimum Gasteiger partial charge on any atom is -0.508 e. The Morgan fingerprint density at radius 3 is 2.77 bits per heavy atom. The summed E-state index contributed by atoms with van der Waals surface area (Å²) in [4.78, 5) is 0. The van der Waals surface area contributed by atoms with Crippen LogP contribution in [-0.2, 0) is 0 Å². The highest BCUT2D eigenvalue weighted by Gasteiger charge is 2.09. The van der Waals surface area contributed by atoms with Crippen LogP contribution < -0.4 is 4.74 Å². The minimum atomic E-state index is -0.338. The average Bonchev–Trinajstić information content (AvgIpc) is 2.17. The van der Waals surface area contributed by atoms with Crippen LogP contribution in [0.4, 0.5) is 0 Å². The van der Waals surface area contributed by atoms with Gasteiger partial charge in [0, 0.05) is 5.56 Å². The van der Waals surface area contributed by atoms with Gasteiger partial charge < -0.3 is 9.84 Å². The fourth-order valence-electron chi connectivity index (χ4n) is 1.06. The van der Waals surface area contributed by atoms with E-state index in [9.17, 15) is 5.11 Å². The highest BCUT2D eigenvalue weighted by molar-refractivity contribution is 5.40. The third kappa shape index (κ3) is 1.96. The maximum atomic E-state index is 9.43. The van der Waals surface area contributed by atoms with E-state index in [-0.39, 0.29) is 11.8 Å². The van der Waals surface area contributed by atoms with E-state index in [0.29, 0.717) is 11.3 Å². The van der Waals surface area contributed by atoms with Gasteiger partial charge >= 0.3 is 0 Å². The fourth-order valence-corrected chi connectivity index (χ4v) is 1.06. The molecule has 13 heavy (non-hydrogen) atoms. The van der Waals surface area contributed by atoms with Crippen LogP contribution in [0, 0.1) is 5.53 Å². The topological polar surface area (TPSA) is 65.7 Å². The number of nitrogens with zero attached hydrogens (tertiary/aromatic N) is 1. The van der Waals surface area contributed by atoms with Crippen LogP contribution in [-0.4, -0.2) is 12.2 Å². The maximum absolute atomic E-state index is 9.43. The van der Waals surface area contributed by atoms with Gasteiger partial charge in [0.15, 0.2) is 0 Å². The number of hydrogen-bond donors (Lipinski definition) is 2. The first kappa shape index (κ1) is 9.51. The number of aromatic hydroxyl groups is 1. The first-order valence-corrected chi connectivity index (χ1v) is 3.92. The lowest BCUT2D eigenvalue weighted by atomic mass is 10.1. The molecule has 0 bridgehead atoms. The number of hydrogen-bond acceptors (Lipinski definition) is 4. The summed E-state index contributed by atoms with van der Waals surface area (Å²) >= 11 is 0. The van der Waals surface area contributed by atoms with Gasteiger partial charge in [0.2, 0.25) is 0 Å². The molecule has 1 atom stereocenters. The second kappa shape index (κ2) is 3.89. The molecule has 0 amide bonds. The molecule has 70 valence electrons. The summed E-state index contributed by atoms with van der Waals surface area (Å²) < 4.78 is 4.99. The Morgan fingerprint density at radius 2 is 2.23 bits per heavy atom. The molecule has 1 unspecified atom stereocenters. The maximum Gasteiger partial charge on any atom is 0.121 e. The van der Waals surface area contributed by atoms with Crippen molar-refractivity contribution >= 4 is 0 Å². The predicted octanol–water partition coefficient (Wildman–Crippen LogP) is 2.49. The van der Waals surface area contributed by atoms with Gasteiger partial charge in [-0.2, -0.15) is 5.11 Å². The van der Waals surface area contributed by atoms with Crippen LogP contribution in [0.15, 0.2) is 23.3 Å². The van der Waals surface area contributed by atoms with Crippen LogP contribution in [0.5, 0.6) is 11.5 Å². The average molecular weight is 180 g/mol. The zero-order chi connectivity index (χ0) is 9.84. The Balaban J connectivity index is 3.10. The smallest absolute Gasteiger partial charge is 0.121 e. The predicted molar refractivity (Wildman–Crippen MR) is 48.2 cm³/mol. The molecule has 1 aromatic rings. The van der Waals surface area contributed by atoms with E-state index in [2.05, 4.69) is 5.11 Å². The minimum absolute atomic E-state index is 0.143. The van der Waals surface area contributed by atoms with Gasteiger partial charge in [-0.3, -0.25) is 0 Å². The SMILES string of the molecule is COc1ccc(O)c(C(C)N=N)c1. The Hall–Kier alpha value is -1.58. The normalized spacial score (nSPS) is 12.2. The Morgan fingerprint density at radius 1 is 1.54 bits per heavy atom. The van der Waals surface area contributed by atoms with Gasteiger partial charge in [0.1, 0.15) is 11.5 Å². The number of rotatable bonds is 3. The molecular weight excluding hydrogens is 168 g/mol. The van der Waals surface area contributed by atoms with Crippen molar-refractivity contribution in [3.8, 4) is 11.5 Å². The summed E-state index contributed by atoms with van der Waals surface area (Å²) in [6.45, 7) is 1.74. The molecule has 1 aromatic carbocycles. The lowest BCUT2D eigenvalue weighted by molar-refractivity contribution is 0.409. The molecule has 0 aliphatic carbocycles. The molecule has 0 aliphatic heterocycles. The molecule has 0 aliphatic rings. The van der Waals surface area contributed by atoms with Gasteiger partial charge in [0.25, 0.3) is 0 Å². The molecule has 2 N–H and O–H groups in total. The summed E-state index contributed by atoms with van der Waals surface area (Å²) in [5, 5.41) is 12.8. The summed E-state index contributed by atoms with van der Waals surface area (Å²) in [6, 6.07) is 4.54. The largest absolute Gasteiger partial charge is 0.508 e. The Kier molecular flexibility index (Phi) is 2.84. The standard InChI is InChI=1S/C9H12N2O2/c1-6(11-10)8-5-7(13-2)3-4-9(8)12/h3-6,10,12H,1-2H3. The highest BCUT2D eigenvalue weighted by atomic mass is 16.5. The zero-order valence-electron chi connectivity index (χ0n) is 7.61. The molecule has 0 saturated heterocycles. The van der Waals surface area contributed by atoms with E-state index < -0.39 is 0 Å². The summed E-state index contributed by atoms with van der Waals surface area (Å²) in [7, 11) is 1.55. The number of phenolic OH excluding ortho intramolecular Hbond substituents is 1. The molecule has 0 aromatic heterocycles. The van der Waals surface area contributed by atoms with Crippen molar-refractivity contribution in [2.75, 3.05) is 7.11 Å². The van der Waals surface area contributed by atoms with E-state index in [0.717, 1.165) is 0 Å². The molecule has 4 heteroatoms. The zero-order valence-corrected chi connectivity index (χ0v) is 7.61. The highest BCUT2D eigenvalue weighted by Crippen LogP contribution is 2.29. The molecule has 0 heterocycles. The van der Waals surface area contributed by atoms with Crippen molar-refractivity contribution < 1.29 is 9.84 Å². The van der Waals surface area contributed by atoms with E-state index in [1.807, 2.05) is 0 Å². The second-order valence-electron chi connectivity index (χ2n) is 2.73. The molecule has 0 fully saturated rings. The lowest BCUT2D eigenvalue weighted by Gasteiger charge is -2.08. The summed E-state index contributed by atoms with van der Waals surface area (Å²) in [6.07, 6.45) is 0. The quantitative estimate of drug-likeness (QED) is 0.702. The number of nitrogens with one attached hydrogen (secondary N) is 1. The van der Waals surface area contributed by atoms with Crippen molar-refractivity contribution in [3.05, 3.63) is 23.8 Å². The molecule has 0 spiro atoms. The van der Waals surface area contributed by atoms with Gasteiger partial charge in [-0.15, -0.1) is 0 Å². The first-order chi connectivity index (χ1) is 6.19. The van der Waals surface area contributed by atoms with Crippen LogP contribution >= 0.6 is 0 Å². The Bertz CT molecular complexity index is 312. The molecule has 0 saturated carbocycles. The molecule has 4 nitrogen and oxygen atoms in total. The van der Waals surface area contributed by atoms with Crippen molar-refractivity contribution in [3.63, 3.8) is 0 Å². The van der Waals surface area contributed by atoms with Gasteiger partial charge in [-0.25, -0.2) is 5.53 Å². The summed E-state index contributed by atoms with van der Waals surface area (Å²) in [5.41, 5.74) is 7.45. The third-order valence-electron chi connectivity index (χ3n) is 1.88. The van der Waals surface area contributed by atoms with E-state index in [4.69, 9.17) is 10.3 Å². The van der Waals surface area contributed by atoms with Gasteiger partial charge in [0.05, 0.1) is 13.2 Å². The molecule has 0 radical (unpaired) electrons.